The van der Waals surface area contributed by atoms with Crippen LogP contribution < -0.4 is 20.1 Å². The van der Waals surface area contributed by atoms with E-state index in [1.807, 2.05) is 25.2 Å². The van der Waals surface area contributed by atoms with E-state index >= 15 is 0 Å². The maximum absolute atomic E-state index is 11.6. The summed E-state index contributed by atoms with van der Waals surface area (Å²) in [5.41, 5.74) is 1.11. The standard InChI is InChI=1S/C15H22N2O3/c1-16-8-12-5-6-13(14(7-12)19-2)20-10-15(18)17-9-11-3-4-11/h5-7,11,16H,3-4,8-10H2,1-2H3,(H,17,18). The summed E-state index contributed by atoms with van der Waals surface area (Å²) in [5, 5.41) is 5.95. The van der Waals surface area contributed by atoms with Gasteiger partial charge < -0.3 is 20.1 Å². The Labute approximate surface area is 119 Å². The molecule has 0 heterocycles. The first-order chi connectivity index (χ1) is 9.72. The first-order valence-electron chi connectivity index (χ1n) is 6.94. The van der Waals surface area contributed by atoms with Crippen LogP contribution in [0, 0.1) is 5.92 Å². The highest BCUT2D eigenvalue weighted by molar-refractivity contribution is 5.77. The van der Waals surface area contributed by atoms with Gasteiger partial charge in [0, 0.05) is 13.1 Å². The summed E-state index contributed by atoms with van der Waals surface area (Å²) in [4.78, 5) is 11.6. The first-order valence-corrected chi connectivity index (χ1v) is 6.94. The molecule has 5 nitrogen and oxygen atoms in total. The molecule has 5 heteroatoms. The number of carbonyl (C=O) groups excluding carboxylic acids is 1. The SMILES string of the molecule is CNCc1ccc(OCC(=O)NCC2CC2)c(OC)c1. The Morgan fingerprint density at radius 3 is 2.80 bits per heavy atom. The van der Waals surface area contributed by atoms with Gasteiger partial charge in [0.25, 0.3) is 5.91 Å². The predicted molar refractivity (Wildman–Crippen MR) is 77.0 cm³/mol. The van der Waals surface area contributed by atoms with Crippen LogP contribution in [0.1, 0.15) is 18.4 Å². The molecule has 0 aliphatic heterocycles. The molecule has 2 N–H and O–H groups in total. The Bertz CT molecular complexity index is 458. The van der Waals surface area contributed by atoms with Crippen LogP contribution in [0.25, 0.3) is 0 Å². The van der Waals surface area contributed by atoms with Crippen molar-refractivity contribution in [2.45, 2.75) is 19.4 Å². The van der Waals surface area contributed by atoms with Gasteiger partial charge in [0.15, 0.2) is 18.1 Å². The Morgan fingerprint density at radius 1 is 1.35 bits per heavy atom. The zero-order chi connectivity index (χ0) is 14.4. The van der Waals surface area contributed by atoms with E-state index in [2.05, 4.69) is 10.6 Å². The lowest BCUT2D eigenvalue weighted by atomic mass is 10.2. The lowest BCUT2D eigenvalue weighted by Gasteiger charge is -2.12. The molecule has 0 spiro atoms. The van der Waals surface area contributed by atoms with E-state index in [0.717, 1.165) is 18.7 Å². The molecule has 1 aliphatic carbocycles. The minimum Gasteiger partial charge on any atom is -0.493 e. The highest BCUT2D eigenvalue weighted by Gasteiger charge is 2.21. The van der Waals surface area contributed by atoms with Crippen molar-refractivity contribution in [3.8, 4) is 11.5 Å². The van der Waals surface area contributed by atoms with Crippen LogP contribution in [-0.4, -0.2) is 33.2 Å². The van der Waals surface area contributed by atoms with Gasteiger partial charge in [0.1, 0.15) is 0 Å². The number of amides is 1. The van der Waals surface area contributed by atoms with Crippen molar-refractivity contribution in [2.24, 2.45) is 5.92 Å². The van der Waals surface area contributed by atoms with Gasteiger partial charge >= 0.3 is 0 Å². The largest absolute Gasteiger partial charge is 0.493 e. The lowest BCUT2D eigenvalue weighted by Crippen LogP contribution is -2.30. The number of ether oxygens (including phenoxy) is 2. The summed E-state index contributed by atoms with van der Waals surface area (Å²) in [5.74, 6) is 1.83. The second-order valence-electron chi connectivity index (χ2n) is 5.05. The molecule has 0 saturated heterocycles. The van der Waals surface area contributed by atoms with E-state index < -0.39 is 0 Å². The molecule has 0 bridgehead atoms. The minimum absolute atomic E-state index is 0.0223. The van der Waals surface area contributed by atoms with E-state index in [9.17, 15) is 4.79 Å². The van der Waals surface area contributed by atoms with E-state index in [4.69, 9.17) is 9.47 Å². The third kappa shape index (κ3) is 4.42. The molecule has 1 amide bonds. The molecule has 2 rings (SSSR count). The summed E-state index contributed by atoms with van der Waals surface area (Å²) in [6.45, 7) is 1.55. The maximum Gasteiger partial charge on any atom is 0.257 e. The molecule has 1 fully saturated rings. The smallest absolute Gasteiger partial charge is 0.257 e. The zero-order valence-electron chi connectivity index (χ0n) is 12.1. The van der Waals surface area contributed by atoms with Crippen LogP contribution in [-0.2, 0) is 11.3 Å². The van der Waals surface area contributed by atoms with Gasteiger partial charge in [-0.25, -0.2) is 0 Å². The molecule has 0 unspecified atom stereocenters. The van der Waals surface area contributed by atoms with E-state index in [0.29, 0.717) is 17.4 Å². The van der Waals surface area contributed by atoms with Gasteiger partial charge in [-0.15, -0.1) is 0 Å². The molecule has 0 atom stereocenters. The molecule has 1 aliphatic rings. The number of hydrogen-bond donors (Lipinski definition) is 2. The normalized spacial score (nSPS) is 13.9. The monoisotopic (exact) mass is 278 g/mol. The summed E-state index contributed by atoms with van der Waals surface area (Å²) < 4.78 is 10.8. The fourth-order valence-corrected chi connectivity index (χ4v) is 1.92. The third-order valence-electron chi connectivity index (χ3n) is 3.25. The Kier molecular flexibility index (Phi) is 5.24. The van der Waals surface area contributed by atoms with Crippen LogP contribution in [0.5, 0.6) is 11.5 Å². The molecule has 1 aromatic carbocycles. The quantitative estimate of drug-likeness (QED) is 0.753. The van der Waals surface area contributed by atoms with Crippen molar-refractivity contribution >= 4 is 5.91 Å². The molecule has 1 saturated carbocycles. The van der Waals surface area contributed by atoms with Crippen molar-refractivity contribution in [1.82, 2.24) is 10.6 Å². The Balaban J connectivity index is 1.85. The van der Waals surface area contributed by atoms with Gasteiger partial charge in [-0.05, 0) is 43.5 Å². The zero-order valence-corrected chi connectivity index (χ0v) is 12.1. The Morgan fingerprint density at radius 2 is 2.15 bits per heavy atom. The van der Waals surface area contributed by atoms with Crippen LogP contribution in [0.4, 0.5) is 0 Å². The number of rotatable bonds is 8. The van der Waals surface area contributed by atoms with Crippen LogP contribution in [0.2, 0.25) is 0 Å². The molecule has 0 aromatic heterocycles. The number of hydrogen-bond acceptors (Lipinski definition) is 4. The molecular formula is C15H22N2O3. The van der Waals surface area contributed by atoms with Crippen molar-refractivity contribution in [3.05, 3.63) is 23.8 Å². The van der Waals surface area contributed by atoms with Crippen LogP contribution in [0.3, 0.4) is 0 Å². The van der Waals surface area contributed by atoms with Crippen molar-refractivity contribution in [1.29, 1.82) is 0 Å². The maximum atomic E-state index is 11.6. The van der Waals surface area contributed by atoms with E-state index in [-0.39, 0.29) is 12.5 Å². The molecule has 110 valence electrons. The van der Waals surface area contributed by atoms with Crippen molar-refractivity contribution < 1.29 is 14.3 Å². The molecule has 1 aromatic rings. The van der Waals surface area contributed by atoms with Gasteiger partial charge in [0.2, 0.25) is 0 Å². The number of carbonyl (C=O) groups is 1. The molecule has 20 heavy (non-hydrogen) atoms. The fraction of sp³-hybridized carbons (Fsp3) is 0.533. The van der Waals surface area contributed by atoms with E-state index in [1.165, 1.54) is 12.8 Å². The second kappa shape index (κ2) is 7.14. The average Bonchev–Trinajstić information content (AvgIpc) is 3.28. The fourth-order valence-electron chi connectivity index (χ4n) is 1.92. The van der Waals surface area contributed by atoms with Crippen molar-refractivity contribution in [2.75, 3.05) is 27.3 Å². The topological polar surface area (TPSA) is 59.6 Å². The van der Waals surface area contributed by atoms with E-state index in [1.54, 1.807) is 7.11 Å². The molecular weight excluding hydrogens is 256 g/mol. The predicted octanol–water partition coefficient (Wildman–Crippen LogP) is 1.32. The summed E-state index contributed by atoms with van der Waals surface area (Å²) in [6, 6.07) is 5.70. The number of nitrogens with one attached hydrogen (secondary N) is 2. The van der Waals surface area contributed by atoms with Gasteiger partial charge in [-0.1, -0.05) is 6.07 Å². The molecule has 0 radical (unpaired) electrons. The number of benzene rings is 1. The second-order valence-corrected chi connectivity index (χ2v) is 5.05. The van der Waals surface area contributed by atoms with Gasteiger partial charge in [-0.2, -0.15) is 0 Å². The number of methoxy groups -OCH3 is 1. The third-order valence-corrected chi connectivity index (χ3v) is 3.25. The van der Waals surface area contributed by atoms with Gasteiger partial charge in [-0.3, -0.25) is 4.79 Å². The van der Waals surface area contributed by atoms with Crippen LogP contribution >= 0.6 is 0 Å². The highest BCUT2D eigenvalue weighted by Crippen LogP contribution is 2.28. The summed E-state index contributed by atoms with van der Waals surface area (Å²) in [6.07, 6.45) is 2.45. The summed E-state index contributed by atoms with van der Waals surface area (Å²) in [7, 11) is 3.49. The first kappa shape index (κ1) is 14.7. The van der Waals surface area contributed by atoms with Crippen LogP contribution in [0.15, 0.2) is 18.2 Å². The summed E-state index contributed by atoms with van der Waals surface area (Å²) >= 11 is 0. The highest BCUT2D eigenvalue weighted by atomic mass is 16.5. The lowest BCUT2D eigenvalue weighted by molar-refractivity contribution is -0.123. The van der Waals surface area contributed by atoms with Gasteiger partial charge in [0.05, 0.1) is 7.11 Å². The van der Waals surface area contributed by atoms with Crippen molar-refractivity contribution in [3.63, 3.8) is 0 Å². The Hall–Kier alpha value is -1.75. The minimum atomic E-state index is -0.0849. The average molecular weight is 278 g/mol.